The van der Waals surface area contributed by atoms with Gasteiger partial charge in [0.1, 0.15) is 10.3 Å². The Bertz CT molecular complexity index is 1340. The second-order valence-electron chi connectivity index (χ2n) is 7.61. The van der Waals surface area contributed by atoms with Gasteiger partial charge in [-0.15, -0.1) is 17.8 Å². The van der Waals surface area contributed by atoms with Gasteiger partial charge in [0.05, 0.1) is 16.8 Å². The molecule has 9 heteroatoms. The average molecular weight is 474 g/mol. The number of thiazole rings is 1. The van der Waals surface area contributed by atoms with Gasteiger partial charge in [0.25, 0.3) is 15.9 Å². The first-order valence-corrected chi connectivity index (χ1v) is 13.1. The SMILES string of the molecule is C#CCn1c(=NC(=O)C2CCCCN2S(=O)(=O)c2cccs2)sc2c(C)cc(C)cc21. The van der Waals surface area contributed by atoms with Crippen molar-refractivity contribution in [2.24, 2.45) is 4.99 Å². The number of fused-ring (bicyclic) bond motifs is 1. The van der Waals surface area contributed by atoms with E-state index in [0.717, 1.165) is 45.5 Å². The number of piperidine rings is 1. The molecule has 31 heavy (non-hydrogen) atoms. The van der Waals surface area contributed by atoms with E-state index in [1.165, 1.54) is 15.6 Å². The molecule has 6 nitrogen and oxygen atoms in total. The number of nitrogens with zero attached hydrogens (tertiary/aromatic N) is 3. The van der Waals surface area contributed by atoms with E-state index < -0.39 is 22.0 Å². The molecule has 1 unspecified atom stereocenters. The van der Waals surface area contributed by atoms with Gasteiger partial charge < -0.3 is 4.57 Å². The van der Waals surface area contributed by atoms with Crippen LogP contribution in [0, 0.1) is 26.2 Å². The standard InChI is InChI=1S/C22H23N3O3S3/c1-4-10-24-18-14-15(2)13-16(3)20(18)30-22(24)23-21(26)17-8-5-6-11-25(17)31(27,28)19-9-7-12-29-19/h1,7,9,12-14,17H,5-6,8,10-11H2,2-3H3. The summed E-state index contributed by atoms with van der Waals surface area (Å²) in [5, 5.41) is 1.72. The predicted molar refractivity (Wildman–Crippen MR) is 125 cm³/mol. The lowest BCUT2D eigenvalue weighted by atomic mass is 10.0. The molecule has 0 saturated carbocycles. The molecule has 1 aliphatic heterocycles. The van der Waals surface area contributed by atoms with Crippen molar-refractivity contribution in [3.8, 4) is 12.3 Å². The molecule has 1 aliphatic rings. The van der Waals surface area contributed by atoms with Crippen LogP contribution in [0.1, 0.15) is 30.4 Å². The Hall–Kier alpha value is -2.25. The number of aromatic nitrogens is 1. The zero-order chi connectivity index (χ0) is 22.2. The third-order valence-corrected chi connectivity index (χ3v) is 9.88. The highest BCUT2D eigenvalue weighted by atomic mass is 32.2. The van der Waals surface area contributed by atoms with Gasteiger partial charge in [-0.05, 0) is 55.3 Å². The number of benzene rings is 1. The van der Waals surface area contributed by atoms with Crippen LogP contribution in [0.2, 0.25) is 0 Å². The van der Waals surface area contributed by atoms with E-state index in [1.807, 2.05) is 24.5 Å². The summed E-state index contributed by atoms with van der Waals surface area (Å²) in [4.78, 5) is 18.2. The predicted octanol–water partition coefficient (Wildman–Crippen LogP) is 3.69. The first kappa shape index (κ1) is 22.0. The minimum absolute atomic E-state index is 0.252. The zero-order valence-corrected chi connectivity index (χ0v) is 19.8. The Morgan fingerprint density at radius 1 is 1.32 bits per heavy atom. The van der Waals surface area contributed by atoms with Crippen molar-refractivity contribution in [2.75, 3.05) is 6.54 Å². The number of carbonyl (C=O) groups is 1. The molecule has 1 atom stereocenters. The molecule has 0 N–H and O–H groups in total. The molecule has 0 bridgehead atoms. The van der Waals surface area contributed by atoms with Crippen molar-refractivity contribution in [1.29, 1.82) is 0 Å². The Morgan fingerprint density at radius 2 is 2.13 bits per heavy atom. The number of aryl methyl sites for hydroxylation is 2. The largest absolute Gasteiger partial charge is 0.305 e. The van der Waals surface area contributed by atoms with Gasteiger partial charge in [-0.25, -0.2) is 8.42 Å². The van der Waals surface area contributed by atoms with Crippen molar-refractivity contribution in [1.82, 2.24) is 8.87 Å². The first-order chi connectivity index (χ1) is 14.8. The molecule has 2 aromatic heterocycles. The number of amides is 1. The Kier molecular flexibility index (Phi) is 6.17. The third-order valence-electron chi connectivity index (χ3n) is 5.37. The fraction of sp³-hybridized carbons (Fsp3) is 0.364. The van der Waals surface area contributed by atoms with Gasteiger partial charge in [-0.1, -0.05) is 35.8 Å². The maximum atomic E-state index is 13.3. The van der Waals surface area contributed by atoms with Crippen LogP contribution in [0.5, 0.6) is 0 Å². The highest BCUT2D eigenvalue weighted by Crippen LogP contribution is 2.29. The fourth-order valence-electron chi connectivity index (χ4n) is 3.98. The first-order valence-electron chi connectivity index (χ1n) is 10.0. The van der Waals surface area contributed by atoms with Crippen LogP contribution >= 0.6 is 22.7 Å². The van der Waals surface area contributed by atoms with Gasteiger partial charge in [0.15, 0.2) is 4.80 Å². The summed E-state index contributed by atoms with van der Waals surface area (Å²) in [6, 6.07) is 6.60. The van der Waals surface area contributed by atoms with Crippen LogP contribution in [-0.4, -0.2) is 35.8 Å². The molecular formula is C22H23N3O3S3. The van der Waals surface area contributed by atoms with E-state index in [2.05, 4.69) is 17.0 Å². The zero-order valence-electron chi connectivity index (χ0n) is 17.4. The van der Waals surface area contributed by atoms with E-state index in [9.17, 15) is 13.2 Å². The lowest BCUT2D eigenvalue weighted by Gasteiger charge is -2.31. The topological polar surface area (TPSA) is 71.7 Å². The summed E-state index contributed by atoms with van der Waals surface area (Å²) >= 11 is 2.57. The molecule has 1 amide bonds. The van der Waals surface area contributed by atoms with E-state index in [-0.39, 0.29) is 10.8 Å². The van der Waals surface area contributed by atoms with Crippen molar-refractivity contribution in [2.45, 2.75) is 49.9 Å². The molecule has 1 aromatic carbocycles. The normalized spacial score (nSPS) is 18.4. The van der Waals surface area contributed by atoms with Crippen LogP contribution in [0.15, 0.2) is 38.8 Å². The van der Waals surface area contributed by atoms with E-state index >= 15 is 0 Å². The summed E-state index contributed by atoms with van der Waals surface area (Å²) in [6.07, 6.45) is 7.57. The minimum Gasteiger partial charge on any atom is -0.305 e. The van der Waals surface area contributed by atoms with Crippen molar-refractivity contribution >= 4 is 48.8 Å². The third kappa shape index (κ3) is 4.13. The van der Waals surface area contributed by atoms with Gasteiger partial charge >= 0.3 is 0 Å². The number of carbonyl (C=O) groups excluding carboxylic acids is 1. The lowest BCUT2D eigenvalue weighted by Crippen LogP contribution is -2.47. The lowest BCUT2D eigenvalue weighted by molar-refractivity contribution is -0.122. The summed E-state index contributed by atoms with van der Waals surface area (Å²) in [6.45, 7) is 4.65. The molecule has 0 aliphatic carbocycles. The number of hydrogen-bond donors (Lipinski definition) is 0. The number of thiophene rings is 1. The van der Waals surface area contributed by atoms with Crippen molar-refractivity contribution in [3.63, 3.8) is 0 Å². The average Bonchev–Trinajstić information content (AvgIpc) is 3.39. The second kappa shape index (κ2) is 8.71. The monoisotopic (exact) mass is 473 g/mol. The summed E-state index contributed by atoms with van der Waals surface area (Å²) in [5.74, 6) is 2.20. The molecule has 1 fully saturated rings. The van der Waals surface area contributed by atoms with Gasteiger partial charge in [0.2, 0.25) is 0 Å². The molecule has 162 valence electrons. The molecule has 0 spiro atoms. The summed E-state index contributed by atoms with van der Waals surface area (Å²) < 4.78 is 30.7. The Morgan fingerprint density at radius 3 is 2.84 bits per heavy atom. The molecule has 0 radical (unpaired) electrons. The van der Waals surface area contributed by atoms with Crippen molar-refractivity contribution in [3.05, 3.63) is 45.6 Å². The van der Waals surface area contributed by atoms with E-state index in [0.29, 0.717) is 17.8 Å². The number of terminal acetylenes is 1. The minimum atomic E-state index is -3.73. The number of sulfonamides is 1. The number of rotatable bonds is 4. The Labute approximate surface area is 189 Å². The maximum Gasteiger partial charge on any atom is 0.266 e. The smallest absolute Gasteiger partial charge is 0.266 e. The van der Waals surface area contributed by atoms with Crippen LogP contribution in [0.3, 0.4) is 0 Å². The Balaban J connectivity index is 1.79. The molecule has 3 heterocycles. The van der Waals surface area contributed by atoms with Crippen LogP contribution in [-0.2, 0) is 21.4 Å². The van der Waals surface area contributed by atoms with Crippen LogP contribution in [0.4, 0.5) is 0 Å². The highest BCUT2D eigenvalue weighted by Gasteiger charge is 2.38. The fourth-order valence-corrected chi connectivity index (χ4v) is 7.83. The van der Waals surface area contributed by atoms with E-state index in [4.69, 9.17) is 6.42 Å². The number of hydrogen-bond acceptors (Lipinski definition) is 5. The molecular weight excluding hydrogens is 450 g/mol. The molecule has 1 saturated heterocycles. The highest BCUT2D eigenvalue weighted by molar-refractivity contribution is 7.91. The molecule has 3 aromatic rings. The van der Waals surface area contributed by atoms with Crippen LogP contribution in [0.25, 0.3) is 10.2 Å². The van der Waals surface area contributed by atoms with Crippen LogP contribution < -0.4 is 4.80 Å². The summed E-state index contributed by atoms with van der Waals surface area (Å²) in [5.41, 5.74) is 3.14. The maximum absolute atomic E-state index is 13.3. The second-order valence-corrected chi connectivity index (χ2v) is 11.7. The summed E-state index contributed by atoms with van der Waals surface area (Å²) in [7, 11) is -3.73. The van der Waals surface area contributed by atoms with Crippen molar-refractivity contribution < 1.29 is 13.2 Å². The van der Waals surface area contributed by atoms with Gasteiger partial charge in [-0.3, -0.25) is 4.79 Å². The van der Waals surface area contributed by atoms with Gasteiger partial charge in [-0.2, -0.15) is 9.30 Å². The molecule has 4 rings (SSSR count). The quantitative estimate of drug-likeness (QED) is 0.543. The van der Waals surface area contributed by atoms with Gasteiger partial charge in [0, 0.05) is 6.54 Å². The van der Waals surface area contributed by atoms with E-state index in [1.54, 1.807) is 17.5 Å².